The molecule has 7 nitrogen and oxygen atoms in total. The van der Waals surface area contributed by atoms with Gasteiger partial charge in [-0.25, -0.2) is 4.79 Å². The van der Waals surface area contributed by atoms with E-state index in [1.807, 2.05) is 24.3 Å². The Balaban J connectivity index is 1.36. The number of benzene rings is 3. The van der Waals surface area contributed by atoms with Gasteiger partial charge < -0.3 is 15.2 Å². The van der Waals surface area contributed by atoms with Gasteiger partial charge in [-0.15, -0.1) is 0 Å². The number of hydrogen-bond acceptors (Lipinski definition) is 4. The molecular weight excluding hydrogens is 396 g/mol. The summed E-state index contributed by atoms with van der Waals surface area (Å²) in [5.41, 5.74) is 5.52. The standard InChI is InChI=1S/C24H20N2O5/c27-22(13-23(28)29)25-15-9-11-16(12-10-15)26-24(30)31-14-21-19-7-3-1-5-17(19)18-6-2-4-8-20(18)21/h1-12,21H,13-14H2,(H,25,27)(H,26,30)(H,28,29). The van der Waals surface area contributed by atoms with E-state index in [0.29, 0.717) is 11.4 Å². The number of fused-ring (bicyclic) bond motifs is 3. The number of amides is 2. The van der Waals surface area contributed by atoms with Crippen molar-refractivity contribution in [3.05, 3.63) is 83.9 Å². The maximum atomic E-state index is 12.3. The first-order valence-electron chi connectivity index (χ1n) is 9.75. The molecule has 0 bridgehead atoms. The van der Waals surface area contributed by atoms with Gasteiger partial charge in [0.1, 0.15) is 13.0 Å². The SMILES string of the molecule is O=C(O)CC(=O)Nc1ccc(NC(=O)OCC2c3ccccc3-c3ccccc32)cc1. The monoisotopic (exact) mass is 416 g/mol. The summed E-state index contributed by atoms with van der Waals surface area (Å²) in [5, 5.41) is 13.8. The van der Waals surface area contributed by atoms with E-state index in [2.05, 4.69) is 34.9 Å². The van der Waals surface area contributed by atoms with Crippen LogP contribution in [0.4, 0.5) is 16.2 Å². The van der Waals surface area contributed by atoms with Crippen molar-refractivity contribution in [1.82, 2.24) is 0 Å². The lowest BCUT2D eigenvalue weighted by atomic mass is 9.98. The molecule has 0 saturated carbocycles. The Kier molecular flexibility index (Phi) is 5.66. The number of hydrogen-bond donors (Lipinski definition) is 3. The van der Waals surface area contributed by atoms with Crippen molar-refractivity contribution in [1.29, 1.82) is 0 Å². The average Bonchev–Trinajstić information content (AvgIpc) is 3.07. The number of ether oxygens (including phenoxy) is 1. The number of rotatable bonds is 6. The summed E-state index contributed by atoms with van der Waals surface area (Å²) >= 11 is 0. The highest BCUT2D eigenvalue weighted by molar-refractivity contribution is 6.01. The normalized spacial score (nSPS) is 11.9. The van der Waals surface area contributed by atoms with Gasteiger partial charge in [0.2, 0.25) is 5.91 Å². The highest BCUT2D eigenvalue weighted by Crippen LogP contribution is 2.44. The number of carboxylic acids is 1. The fraction of sp³-hybridized carbons (Fsp3) is 0.125. The van der Waals surface area contributed by atoms with Gasteiger partial charge in [0, 0.05) is 17.3 Å². The Morgan fingerprint density at radius 1 is 0.774 bits per heavy atom. The molecule has 1 aliphatic carbocycles. The van der Waals surface area contributed by atoms with Crippen molar-refractivity contribution in [2.75, 3.05) is 17.2 Å². The van der Waals surface area contributed by atoms with Crippen molar-refractivity contribution >= 4 is 29.3 Å². The number of carboxylic acid groups (broad SMARTS) is 1. The fourth-order valence-electron chi connectivity index (χ4n) is 3.73. The number of aliphatic carboxylic acids is 1. The van der Waals surface area contributed by atoms with Gasteiger partial charge >= 0.3 is 12.1 Å². The predicted octanol–water partition coefficient (Wildman–Crippen LogP) is 4.46. The van der Waals surface area contributed by atoms with Gasteiger partial charge in [-0.3, -0.25) is 14.9 Å². The third-order valence-electron chi connectivity index (χ3n) is 5.07. The van der Waals surface area contributed by atoms with Crippen LogP contribution in [-0.2, 0) is 14.3 Å². The number of anilines is 2. The van der Waals surface area contributed by atoms with Gasteiger partial charge in [-0.1, -0.05) is 48.5 Å². The Morgan fingerprint density at radius 2 is 1.29 bits per heavy atom. The molecule has 3 aromatic carbocycles. The maximum absolute atomic E-state index is 12.3. The Bertz CT molecular complexity index is 1100. The molecule has 3 N–H and O–H groups in total. The van der Waals surface area contributed by atoms with Crippen LogP contribution in [0.25, 0.3) is 11.1 Å². The molecule has 0 spiro atoms. The van der Waals surface area contributed by atoms with Crippen molar-refractivity contribution in [2.24, 2.45) is 0 Å². The van der Waals surface area contributed by atoms with Crippen LogP contribution >= 0.6 is 0 Å². The summed E-state index contributed by atoms with van der Waals surface area (Å²) in [6.07, 6.45) is -1.19. The molecule has 4 rings (SSSR count). The smallest absolute Gasteiger partial charge is 0.411 e. The number of carbonyl (C=O) groups is 3. The van der Waals surface area contributed by atoms with Crippen molar-refractivity contribution < 1.29 is 24.2 Å². The summed E-state index contributed by atoms with van der Waals surface area (Å²) in [5.74, 6) is -1.85. The molecule has 3 aromatic rings. The zero-order valence-corrected chi connectivity index (χ0v) is 16.5. The van der Waals surface area contributed by atoms with Gasteiger partial charge in [0.15, 0.2) is 0 Å². The Morgan fingerprint density at radius 3 is 1.84 bits per heavy atom. The fourth-order valence-corrected chi connectivity index (χ4v) is 3.73. The third-order valence-corrected chi connectivity index (χ3v) is 5.07. The molecular formula is C24H20N2O5. The summed E-state index contributed by atoms with van der Waals surface area (Å²) in [4.78, 5) is 34.3. The van der Waals surface area contributed by atoms with Gasteiger partial charge in [0.05, 0.1) is 0 Å². The molecule has 0 heterocycles. The first-order valence-corrected chi connectivity index (χ1v) is 9.75. The second kappa shape index (κ2) is 8.71. The minimum Gasteiger partial charge on any atom is -0.481 e. The summed E-state index contributed by atoms with van der Waals surface area (Å²) in [7, 11) is 0. The van der Waals surface area contributed by atoms with Crippen LogP contribution < -0.4 is 10.6 Å². The zero-order chi connectivity index (χ0) is 21.8. The molecule has 0 saturated heterocycles. The first-order chi connectivity index (χ1) is 15.0. The third kappa shape index (κ3) is 4.56. The lowest BCUT2D eigenvalue weighted by Gasteiger charge is -2.14. The van der Waals surface area contributed by atoms with E-state index in [-0.39, 0.29) is 12.5 Å². The van der Waals surface area contributed by atoms with E-state index in [9.17, 15) is 14.4 Å². The molecule has 31 heavy (non-hydrogen) atoms. The summed E-state index contributed by atoms with van der Waals surface area (Å²) in [6.45, 7) is 0.211. The van der Waals surface area contributed by atoms with Crippen LogP contribution in [0.15, 0.2) is 72.8 Å². The maximum Gasteiger partial charge on any atom is 0.411 e. The van der Waals surface area contributed by atoms with Gasteiger partial charge in [-0.2, -0.15) is 0 Å². The van der Waals surface area contributed by atoms with Crippen LogP contribution in [0.3, 0.4) is 0 Å². The molecule has 2 amide bonds. The molecule has 7 heteroatoms. The van der Waals surface area contributed by atoms with Crippen LogP contribution in [0.5, 0.6) is 0 Å². The highest BCUT2D eigenvalue weighted by Gasteiger charge is 2.28. The molecule has 0 atom stereocenters. The average molecular weight is 416 g/mol. The second-order valence-electron chi connectivity index (χ2n) is 7.15. The molecule has 0 fully saturated rings. The highest BCUT2D eigenvalue weighted by atomic mass is 16.5. The van der Waals surface area contributed by atoms with E-state index in [0.717, 1.165) is 22.3 Å². The second-order valence-corrected chi connectivity index (χ2v) is 7.15. The molecule has 0 aliphatic heterocycles. The first kappa shape index (κ1) is 20.2. The summed E-state index contributed by atoms with van der Waals surface area (Å²) in [6, 6.07) is 22.5. The van der Waals surface area contributed by atoms with Crippen LogP contribution in [0.1, 0.15) is 23.5 Å². The van der Waals surface area contributed by atoms with E-state index < -0.39 is 24.4 Å². The van der Waals surface area contributed by atoms with E-state index in [4.69, 9.17) is 9.84 Å². The molecule has 0 radical (unpaired) electrons. The van der Waals surface area contributed by atoms with Crippen LogP contribution in [0.2, 0.25) is 0 Å². The number of carbonyl (C=O) groups excluding carboxylic acids is 2. The van der Waals surface area contributed by atoms with E-state index in [1.54, 1.807) is 24.3 Å². The summed E-state index contributed by atoms with van der Waals surface area (Å²) < 4.78 is 5.50. The van der Waals surface area contributed by atoms with Gasteiger partial charge in [-0.05, 0) is 46.5 Å². The Labute approximate surface area is 178 Å². The van der Waals surface area contributed by atoms with Crippen molar-refractivity contribution in [3.8, 4) is 11.1 Å². The lowest BCUT2D eigenvalue weighted by Crippen LogP contribution is -2.18. The zero-order valence-electron chi connectivity index (χ0n) is 16.5. The molecule has 1 aliphatic rings. The van der Waals surface area contributed by atoms with Crippen molar-refractivity contribution in [2.45, 2.75) is 12.3 Å². The predicted molar refractivity (Wildman–Crippen MR) is 116 cm³/mol. The van der Waals surface area contributed by atoms with Crippen molar-refractivity contribution in [3.63, 3.8) is 0 Å². The van der Waals surface area contributed by atoms with Crippen LogP contribution in [0, 0.1) is 0 Å². The molecule has 156 valence electrons. The molecule has 0 aromatic heterocycles. The minimum atomic E-state index is -1.20. The van der Waals surface area contributed by atoms with Crippen LogP contribution in [-0.4, -0.2) is 29.7 Å². The largest absolute Gasteiger partial charge is 0.481 e. The molecule has 0 unspecified atom stereocenters. The van der Waals surface area contributed by atoms with E-state index in [1.165, 1.54) is 0 Å². The number of nitrogens with one attached hydrogen (secondary N) is 2. The van der Waals surface area contributed by atoms with E-state index >= 15 is 0 Å². The Hall–Kier alpha value is -4.13. The quantitative estimate of drug-likeness (QED) is 0.515. The minimum absolute atomic E-state index is 0.0232. The van der Waals surface area contributed by atoms with Gasteiger partial charge in [0.25, 0.3) is 0 Å². The lowest BCUT2D eigenvalue weighted by molar-refractivity contribution is -0.139. The topological polar surface area (TPSA) is 105 Å².